The molecule has 3 heterocycles. The van der Waals surface area contributed by atoms with Gasteiger partial charge >= 0.3 is 5.69 Å². The molecule has 0 atom stereocenters. The molecule has 168 valence electrons. The van der Waals surface area contributed by atoms with Crippen molar-refractivity contribution in [2.75, 3.05) is 0 Å². The van der Waals surface area contributed by atoms with Gasteiger partial charge in [0.25, 0.3) is 5.56 Å². The first-order valence-electron chi connectivity index (χ1n) is 10.7. The lowest BCUT2D eigenvalue weighted by molar-refractivity contribution is 0.623. The van der Waals surface area contributed by atoms with Gasteiger partial charge in [0.1, 0.15) is 5.82 Å². The lowest BCUT2D eigenvalue weighted by Gasteiger charge is -2.11. The normalized spacial score (nSPS) is 11.7. The predicted octanol–water partition coefficient (Wildman–Crippen LogP) is 3.56. The summed E-state index contributed by atoms with van der Waals surface area (Å²) < 4.78 is 19.7. The second-order valence-corrected chi connectivity index (χ2v) is 8.57. The molecule has 33 heavy (non-hydrogen) atoms. The van der Waals surface area contributed by atoms with Crippen LogP contribution in [0.25, 0.3) is 22.6 Å². The molecule has 0 aliphatic heterocycles. The number of aryl methyl sites for hydroxylation is 4. The number of benzene rings is 2. The van der Waals surface area contributed by atoms with Crippen LogP contribution in [-0.2, 0) is 13.6 Å². The van der Waals surface area contributed by atoms with Crippen LogP contribution in [0.1, 0.15) is 28.1 Å². The fraction of sp³-hybridized carbons (Fsp3) is 0.240. The molecule has 0 spiro atoms. The third-order valence-electron chi connectivity index (χ3n) is 6.37. The highest BCUT2D eigenvalue weighted by molar-refractivity contribution is 5.77. The van der Waals surface area contributed by atoms with Gasteiger partial charge in [-0.25, -0.2) is 9.18 Å². The van der Waals surface area contributed by atoms with Gasteiger partial charge in [-0.15, -0.1) is 0 Å². The number of nitrogens with zero attached hydrogens (tertiary/aromatic N) is 5. The maximum absolute atomic E-state index is 13.6. The van der Waals surface area contributed by atoms with E-state index in [0.717, 1.165) is 28.2 Å². The van der Waals surface area contributed by atoms with Crippen molar-refractivity contribution in [3.05, 3.63) is 97.2 Å². The fourth-order valence-electron chi connectivity index (χ4n) is 4.51. The standard InChI is InChI=1S/C25H24FN5O2/c1-14-6-11-20(15(2)12-14)30-16(3)17(4)31-21-22(27-24(30)31)28(5)25(33)29(23(21)32)13-18-7-9-19(26)10-8-18/h6-12H,13H2,1-5H3. The lowest BCUT2D eigenvalue weighted by Crippen LogP contribution is -2.39. The average Bonchev–Trinajstić information content (AvgIpc) is 3.27. The van der Waals surface area contributed by atoms with E-state index in [9.17, 15) is 14.0 Å². The van der Waals surface area contributed by atoms with Crippen molar-refractivity contribution in [3.8, 4) is 5.69 Å². The highest BCUT2D eigenvalue weighted by atomic mass is 19.1. The molecule has 0 unspecified atom stereocenters. The Morgan fingerprint density at radius 2 is 1.64 bits per heavy atom. The van der Waals surface area contributed by atoms with Crippen LogP contribution in [0.4, 0.5) is 4.39 Å². The highest BCUT2D eigenvalue weighted by Gasteiger charge is 2.23. The Kier molecular flexibility index (Phi) is 4.63. The van der Waals surface area contributed by atoms with E-state index in [-0.39, 0.29) is 12.4 Å². The minimum atomic E-state index is -0.468. The maximum atomic E-state index is 13.6. The summed E-state index contributed by atoms with van der Waals surface area (Å²) >= 11 is 0. The molecule has 2 aromatic carbocycles. The zero-order valence-corrected chi connectivity index (χ0v) is 19.2. The minimum Gasteiger partial charge on any atom is -0.282 e. The zero-order valence-electron chi connectivity index (χ0n) is 19.2. The molecular weight excluding hydrogens is 421 g/mol. The summed E-state index contributed by atoms with van der Waals surface area (Å²) in [6.07, 6.45) is 0. The van der Waals surface area contributed by atoms with Gasteiger partial charge < -0.3 is 0 Å². The number of hydrogen-bond donors (Lipinski definition) is 0. The molecule has 5 aromatic rings. The van der Waals surface area contributed by atoms with Crippen LogP contribution in [0.2, 0.25) is 0 Å². The van der Waals surface area contributed by atoms with Crippen molar-refractivity contribution in [2.24, 2.45) is 7.05 Å². The van der Waals surface area contributed by atoms with E-state index < -0.39 is 11.2 Å². The fourth-order valence-corrected chi connectivity index (χ4v) is 4.51. The van der Waals surface area contributed by atoms with Gasteiger partial charge in [-0.1, -0.05) is 29.8 Å². The van der Waals surface area contributed by atoms with Crippen LogP contribution in [0.15, 0.2) is 52.1 Å². The number of halogens is 1. The van der Waals surface area contributed by atoms with E-state index in [1.54, 1.807) is 19.2 Å². The van der Waals surface area contributed by atoms with Gasteiger partial charge in [-0.05, 0) is 57.0 Å². The molecule has 0 fully saturated rings. The molecule has 0 radical (unpaired) electrons. The second-order valence-electron chi connectivity index (χ2n) is 8.57. The van der Waals surface area contributed by atoms with Gasteiger partial charge in [-0.2, -0.15) is 4.98 Å². The Morgan fingerprint density at radius 3 is 2.30 bits per heavy atom. The Bertz CT molecular complexity index is 1680. The van der Waals surface area contributed by atoms with Crippen molar-refractivity contribution >= 4 is 16.9 Å². The minimum absolute atomic E-state index is 0.0464. The molecular formula is C25H24FN5O2. The van der Waals surface area contributed by atoms with Crippen LogP contribution < -0.4 is 11.2 Å². The van der Waals surface area contributed by atoms with Crippen LogP contribution in [-0.4, -0.2) is 23.1 Å². The number of fused-ring (bicyclic) bond motifs is 3. The average molecular weight is 445 g/mol. The molecule has 0 bridgehead atoms. The quantitative estimate of drug-likeness (QED) is 0.427. The predicted molar refractivity (Wildman–Crippen MR) is 126 cm³/mol. The van der Waals surface area contributed by atoms with Crippen LogP contribution in [0, 0.1) is 33.5 Å². The summed E-state index contributed by atoms with van der Waals surface area (Å²) in [7, 11) is 1.61. The smallest absolute Gasteiger partial charge is 0.282 e. The van der Waals surface area contributed by atoms with Crippen LogP contribution >= 0.6 is 0 Å². The first-order chi connectivity index (χ1) is 15.7. The first kappa shape index (κ1) is 20.9. The molecule has 0 saturated heterocycles. The number of imidazole rings is 2. The molecule has 5 rings (SSSR count). The molecule has 0 N–H and O–H groups in total. The summed E-state index contributed by atoms with van der Waals surface area (Å²) in [5, 5.41) is 0. The first-order valence-corrected chi connectivity index (χ1v) is 10.7. The highest BCUT2D eigenvalue weighted by Crippen LogP contribution is 2.26. The van der Waals surface area contributed by atoms with E-state index in [1.807, 2.05) is 48.8 Å². The van der Waals surface area contributed by atoms with E-state index in [4.69, 9.17) is 4.98 Å². The monoisotopic (exact) mass is 445 g/mol. The second kappa shape index (κ2) is 7.30. The SMILES string of the molecule is Cc1ccc(-n2c(C)c(C)n3c4c(=O)n(Cc5ccc(F)cc5)c(=O)n(C)c4nc23)c(C)c1. The van der Waals surface area contributed by atoms with Crippen LogP contribution in [0.5, 0.6) is 0 Å². The molecule has 0 aliphatic carbocycles. The van der Waals surface area contributed by atoms with Crippen molar-refractivity contribution in [2.45, 2.75) is 34.2 Å². The summed E-state index contributed by atoms with van der Waals surface area (Å²) in [4.78, 5) is 31.4. The van der Waals surface area contributed by atoms with Crippen molar-refractivity contribution in [1.82, 2.24) is 23.1 Å². The third-order valence-corrected chi connectivity index (χ3v) is 6.37. The van der Waals surface area contributed by atoms with Gasteiger partial charge in [-0.3, -0.25) is 22.9 Å². The summed E-state index contributed by atoms with van der Waals surface area (Å²) in [5.41, 5.74) is 5.51. The molecule has 8 heteroatoms. The van der Waals surface area contributed by atoms with E-state index >= 15 is 0 Å². The molecule has 0 amide bonds. The molecule has 3 aromatic heterocycles. The van der Waals surface area contributed by atoms with Gasteiger partial charge in [0.2, 0.25) is 5.78 Å². The largest absolute Gasteiger partial charge is 0.332 e. The molecule has 0 saturated carbocycles. The van der Waals surface area contributed by atoms with E-state index in [1.165, 1.54) is 21.3 Å². The third kappa shape index (κ3) is 3.05. The van der Waals surface area contributed by atoms with E-state index in [2.05, 4.69) is 6.07 Å². The lowest BCUT2D eigenvalue weighted by atomic mass is 10.1. The number of aromatic nitrogens is 5. The van der Waals surface area contributed by atoms with Crippen molar-refractivity contribution < 1.29 is 4.39 Å². The van der Waals surface area contributed by atoms with Crippen molar-refractivity contribution in [3.63, 3.8) is 0 Å². The Labute approximate surface area is 189 Å². The summed E-state index contributed by atoms with van der Waals surface area (Å²) in [6.45, 7) is 8.07. The summed E-state index contributed by atoms with van der Waals surface area (Å²) in [6, 6.07) is 12.0. The zero-order chi connectivity index (χ0) is 23.6. The maximum Gasteiger partial charge on any atom is 0.332 e. The number of rotatable bonds is 3. The Balaban J connectivity index is 1.84. The van der Waals surface area contributed by atoms with E-state index in [0.29, 0.717) is 22.5 Å². The van der Waals surface area contributed by atoms with Gasteiger partial charge in [0.05, 0.1) is 12.2 Å². The van der Waals surface area contributed by atoms with Gasteiger partial charge in [0.15, 0.2) is 11.2 Å². The molecule has 7 nitrogen and oxygen atoms in total. The molecule has 0 aliphatic rings. The Morgan fingerprint density at radius 1 is 0.939 bits per heavy atom. The van der Waals surface area contributed by atoms with Gasteiger partial charge in [0, 0.05) is 18.4 Å². The van der Waals surface area contributed by atoms with Crippen LogP contribution in [0.3, 0.4) is 0 Å². The Hall–Kier alpha value is -3.94. The van der Waals surface area contributed by atoms with Crippen molar-refractivity contribution in [1.29, 1.82) is 0 Å². The number of hydrogen-bond acceptors (Lipinski definition) is 3. The summed E-state index contributed by atoms with van der Waals surface area (Å²) in [5.74, 6) is 0.212. The topological polar surface area (TPSA) is 66.2 Å².